The van der Waals surface area contributed by atoms with Crippen LogP contribution in [0.25, 0.3) is 10.9 Å². The molecule has 0 bridgehead atoms. The molecule has 0 saturated carbocycles. The van der Waals surface area contributed by atoms with E-state index in [9.17, 15) is 21.6 Å². The molecular weight excluding hydrogens is 469 g/mol. The van der Waals surface area contributed by atoms with Gasteiger partial charge >= 0.3 is 0 Å². The van der Waals surface area contributed by atoms with Crippen molar-refractivity contribution in [2.75, 3.05) is 42.7 Å². The van der Waals surface area contributed by atoms with Gasteiger partial charge in [-0.05, 0) is 19.9 Å². The van der Waals surface area contributed by atoms with Crippen LogP contribution in [0.4, 0.5) is 24.8 Å². The first-order chi connectivity index (χ1) is 16.0. The maximum absolute atomic E-state index is 14.7. The Hall–Kier alpha value is -2.99. The van der Waals surface area contributed by atoms with E-state index >= 15 is 0 Å². The van der Waals surface area contributed by atoms with Crippen molar-refractivity contribution < 1.29 is 21.6 Å². The van der Waals surface area contributed by atoms with Gasteiger partial charge < -0.3 is 10.2 Å². The van der Waals surface area contributed by atoms with Crippen LogP contribution in [-0.2, 0) is 10.0 Å². The molecule has 1 atom stereocenters. The largest absolute Gasteiger partial charge is 0.363 e. The number of pyridine rings is 1. The quantitative estimate of drug-likeness (QED) is 0.559. The monoisotopic (exact) mass is 494 g/mol. The summed E-state index contributed by atoms with van der Waals surface area (Å²) < 4.78 is 65.9. The zero-order valence-corrected chi connectivity index (χ0v) is 19.8. The van der Waals surface area contributed by atoms with Crippen LogP contribution in [-0.4, -0.2) is 60.1 Å². The van der Waals surface area contributed by atoms with Crippen molar-refractivity contribution >= 4 is 32.6 Å². The number of rotatable bonds is 6. The number of alkyl halides is 2. The molecule has 1 aliphatic heterocycles. The average molecular weight is 495 g/mol. The Morgan fingerprint density at radius 2 is 1.76 bits per heavy atom. The second-order valence-electron chi connectivity index (χ2n) is 8.25. The topological polar surface area (TPSA) is 91.3 Å². The summed E-state index contributed by atoms with van der Waals surface area (Å²) in [5.41, 5.74) is 0.0329. The van der Waals surface area contributed by atoms with E-state index < -0.39 is 33.9 Å². The van der Waals surface area contributed by atoms with Crippen molar-refractivity contribution in [2.45, 2.75) is 26.3 Å². The van der Waals surface area contributed by atoms with Gasteiger partial charge in [-0.3, -0.25) is 0 Å². The summed E-state index contributed by atoms with van der Waals surface area (Å²) >= 11 is 0. The number of fused-ring (bicyclic) bond motifs is 1. The molecule has 0 spiro atoms. The molecule has 0 aliphatic carbocycles. The highest BCUT2D eigenvalue weighted by Crippen LogP contribution is 2.31. The molecule has 1 aliphatic rings. The average Bonchev–Trinajstić information content (AvgIpc) is 2.78. The summed E-state index contributed by atoms with van der Waals surface area (Å²) in [6.07, 6.45) is -0.114. The third kappa shape index (κ3) is 4.92. The molecule has 2 aromatic heterocycles. The standard InChI is InChI=1S/C22H25F3N6O2S/c1-13(15-5-4-6-16(20(15)23)21(24)25)27-22-17-11-19(26-12-18(17)28-14(2)29-22)30-7-9-31(10-8-30)34(3,32)33/h4-6,11-13,21H,7-10H2,1-3H3,(H,27,28,29)/t13-/m1/s1. The smallest absolute Gasteiger partial charge is 0.266 e. The van der Waals surface area contributed by atoms with Crippen LogP contribution in [0.2, 0.25) is 0 Å². The van der Waals surface area contributed by atoms with Gasteiger partial charge in [0, 0.05) is 37.1 Å². The number of anilines is 2. The molecule has 1 N–H and O–H groups in total. The summed E-state index contributed by atoms with van der Waals surface area (Å²) in [5, 5.41) is 3.77. The number of sulfonamides is 1. The van der Waals surface area contributed by atoms with Crippen molar-refractivity contribution in [3.8, 4) is 0 Å². The number of benzene rings is 1. The van der Waals surface area contributed by atoms with E-state index in [0.717, 1.165) is 6.07 Å². The molecule has 1 fully saturated rings. The summed E-state index contributed by atoms with van der Waals surface area (Å²) in [6.45, 7) is 5.04. The maximum atomic E-state index is 14.7. The van der Waals surface area contributed by atoms with Crippen molar-refractivity contribution in [2.24, 2.45) is 0 Å². The van der Waals surface area contributed by atoms with Crippen LogP contribution < -0.4 is 10.2 Å². The molecule has 4 rings (SSSR count). The summed E-state index contributed by atoms with van der Waals surface area (Å²) in [7, 11) is -3.25. The zero-order valence-electron chi connectivity index (χ0n) is 19.0. The normalized spacial score (nSPS) is 16.3. The van der Waals surface area contributed by atoms with Crippen molar-refractivity contribution in [1.82, 2.24) is 19.3 Å². The van der Waals surface area contributed by atoms with E-state index in [-0.39, 0.29) is 5.56 Å². The van der Waals surface area contributed by atoms with Crippen LogP contribution in [0.3, 0.4) is 0 Å². The first-order valence-electron chi connectivity index (χ1n) is 10.7. The van der Waals surface area contributed by atoms with Crippen molar-refractivity contribution in [3.63, 3.8) is 0 Å². The van der Waals surface area contributed by atoms with Crippen molar-refractivity contribution in [3.05, 3.63) is 53.2 Å². The van der Waals surface area contributed by atoms with E-state index in [1.165, 1.54) is 22.7 Å². The van der Waals surface area contributed by atoms with Crippen LogP contribution in [0.5, 0.6) is 0 Å². The molecule has 0 amide bonds. The van der Waals surface area contributed by atoms with Crippen molar-refractivity contribution in [1.29, 1.82) is 0 Å². The van der Waals surface area contributed by atoms with Gasteiger partial charge in [-0.1, -0.05) is 18.2 Å². The van der Waals surface area contributed by atoms with Crippen LogP contribution in [0.1, 0.15) is 36.3 Å². The van der Waals surface area contributed by atoms with Gasteiger partial charge in [0.05, 0.1) is 29.6 Å². The third-order valence-electron chi connectivity index (χ3n) is 5.82. The molecular formula is C22H25F3N6O2S. The van der Waals surface area contributed by atoms with Gasteiger partial charge in [-0.25, -0.2) is 36.5 Å². The molecule has 3 heterocycles. The number of nitrogens with zero attached hydrogens (tertiary/aromatic N) is 5. The molecule has 12 heteroatoms. The highest BCUT2D eigenvalue weighted by atomic mass is 32.2. The lowest BCUT2D eigenvalue weighted by molar-refractivity contribution is 0.146. The number of hydrogen-bond donors (Lipinski definition) is 1. The number of aryl methyl sites for hydroxylation is 1. The van der Waals surface area contributed by atoms with E-state index in [1.807, 2.05) is 4.90 Å². The predicted octanol–water partition coefficient (Wildman–Crippen LogP) is 3.66. The Kier molecular flexibility index (Phi) is 6.63. The predicted molar refractivity (Wildman–Crippen MR) is 124 cm³/mol. The molecule has 1 aromatic carbocycles. The third-order valence-corrected chi connectivity index (χ3v) is 7.13. The lowest BCUT2D eigenvalue weighted by Crippen LogP contribution is -2.48. The molecule has 8 nitrogen and oxygen atoms in total. The van der Waals surface area contributed by atoms with Gasteiger partial charge in [0.2, 0.25) is 10.0 Å². The minimum absolute atomic E-state index is 0.105. The first-order valence-corrected chi connectivity index (χ1v) is 12.6. The number of aromatic nitrogens is 3. The molecule has 0 unspecified atom stereocenters. The second-order valence-corrected chi connectivity index (χ2v) is 10.2. The number of halogens is 3. The Labute approximate surface area is 195 Å². The molecule has 0 radical (unpaired) electrons. The van der Waals surface area contributed by atoms with E-state index in [1.54, 1.807) is 26.1 Å². The van der Waals surface area contributed by atoms with E-state index in [2.05, 4.69) is 20.3 Å². The number of piperazine rings is 1. The highest BCUT2D eigenvalue weighted by molar-refractivity contribution is 7.88. The SMILES string of the molecule is Cc1nc(N[C@H](C)c2cccc(C(F)F)c2F)c2cc(N3CCN(S(C)(=O)=O)CC3)ncc2n1. The van der Waals surface area contributed by atoms with E-state index in [0.29, 0.717) is 54.5 Å². The number of hydrogen-bond acceptors (Lipinski definition) is 7. The molecule has 182 valence electrons. The Bertz CT molecular complexity index is 1310. The van der Waals surface area contributed by atoms with Gasteiger partial charge in [-0.2, -0.15) is 4.31 Å². The lowest BCUT2D eigenvalue weighted by Gasteiger charge is -2.34. The Morgan fingerprint density at radius 3 is 2.41 bits per heavy atom. The molecule has 34 heavy (non-hydrogen) atoms. The van der Waals surface area contributed by atoms with E-state index in [4.69, 9.17) is 0 Å². The Morgan fingerprint density at radius 1 is 1.09 bits per heavy atom. The highest BCUT2D eigenvalue weighted by Gasteiger charge is 2.25. The fraction of sp³-hybridized carbons (Fsp3) is 0.409. The van der Waals surface area contributed by atoms with Gasteiger partial charge in [-0.15, -0.1) is 0 Å². The van der Waals surface area contributed by atoms with Gasteiger partial charge in [0.15, 0.2) is 0 Å². The summed E-state index contributed by atoms with van der Waals surface area (Å²) in [4.78, 5) is 15.3. The minimum Gasteiger partial charge on any atom is -0.363 e. The van der Waals surface area contributed by atoms with Gasteiger partial charge in [0.1, 0.15) is 23.3 Å². The fourth-order valence-electron chi connectivity index (χ4n) is 4.02. The zero-order chi connectivity index (χ0) is 24.6. The van der Waals surface area contributed by atoms with Crippen LogP contribution in [0, 0.1) is 12.7 Å². The molecule has 3 aromatic rings. The lowest BCUT2D eigenvalue weighted by atomic mass is 10.0. The fourth-order valence-corrected chi connectivity index (χ4v) is 4.85. The summed E-state index contributed by atoms with van der Waals surface area (Å²) in [5.74, 6) is 0.587. The summed E-state index contributed by atoms with van der Waals surface area (Å²) in [6, 6.07) is 5.09. The van der Waals surface area contributed by atoms with Crippen LogP contribution >= 0.6 is 0 Å². The first kappa shape index (κ1) is 24.1. The van der Waals surface area contributed by atoms with Crippen LogP contribution in [0.15, 0.2) is 30.5 Å². The molecule has 1 saturated heterocycles. The van der Waals surface area contributed by atoms with Gasteiger partial charge in [0.25, 0.3) is 6.43 Å². The number of nitrogens with one attached hydrogen (secondary N) is 1. The Balaban J connectivity index is 1.64. The minimum atomic E-state index is -3.25. The second kappa shape index (κ2) is 9.34. The maximum Gasteiger partial charge on any atom is 0.266 e.